The van der Waals surface area contributed by atoms with Crippen LogP contribution in [0.3, 0.4) is 0 Å². The topological polar surface area (TPSA) is 55.4 Å². The second kappa shape index (κ2) is 7.30. The fourth-order valence-electron chi connectivity index (χ4n) is 1.13. The lowest BCUT2D eigenvalue weighted by Crippen LogP contribution is -2.33. The zero-order valence-electron chi connectivity index (χ0n) is 9.38. The molecule has 0 saturated carbocycles. The highest BCUT2D eigenvalue weighted by Crippen LogP contribution is 2.23. The highest BCUT2D eigenvalue weighted by atomic mass is 127. The number of carbonyl (C=O) groups excluding carboxylic acids is 2. The highest BCUT2D eigenvalue weighted by molar-refractivity contribution is 14.1. The van der Waals surface area contributed by atoms with E-state index >= 15 is 0 Å². The van der Waals surface area contributed by atoms with Crippen molar-refractivity contribution in [2.75, 3.05) is 13.7 Å². The van der Waals surface area contributed by atoms with E-state index in [1.165, 1.54) is 7.11 Å². The molecule has 98 valence electrons. The van der Waals surface area contributed by atoms with E-state index in [0.717, 1.165) is 0 Å². The lowest BCUT2D eigenvalue weighted by molar-refractivity contribution is -0.139. The fraction of sp³-hybridized carbons (Fsp3) is 0.273. The normalized spacial score (nSPS) is 11.8. The van der Waals surface area contributed by atoms with Crippen LogP contribution in [0.25, 0.3) is 0 Å². The molecule has 1 aromatic rings. The van der Waals surface area contributed by atoms with E-state index in [-0.39, 0.29) is 18.4 Å². The summed E-state index contributed by atoms with van der Waals surface area (Å²) >= 11 is 11.0. The van der Waals surface area contributed by atoms with Gasteiger partial charge in [-0.3, -0.25) is 9.59 Å². The van der Waals surface area contributed by atoms with Gasteiger partial charge >= 0.3 is 5.97 Å². The Kier molecular flexibility index (Phi) is 6.37. The molecule has 0 aliphatic heterocycles. The molecule has 0 radical (unpaired) electrons. The summed E-state index contributed by atoms with van der Waals surface area (Å²) in [5.74, 6) is -0.633. The summed E-state index contributed by atoms with van der Waals surface area (Å²) in [5.41, 5.74) is 0.472. The Bertz CT molecular complexity index is 470. The van der Waals surface area contributed by atoms with E-state index in [1.54, 1.807) is 18.2 Å². The third-order valence-electron chi connectivity index (χ3n) is 2.08. The molecule has 1 rings (SSSR count). The number of hydrogen-bond acceptors (Lipinski definition) is 3. The zero-order valence-corrected chi connectivity index (χ0v) is 13.9. The average molecular weight is 446 g/mol. The van der Waals surface area contributed by atoms with Gasteiger partial charge < -0.3 is 10.1 Å². The quantitative estimate of drug-likeness (QED) is 0.440. The van der Waals surface area contributed by atoms with Crippen molar-refractivity contribution in [3.8, 4) is 0 Å². The third-order valence-corrected chi connectivity index (χ3v) is 4.24. The molecule has 1 amide bonds. The first-order valence-electron chi connectivity index (χ1n) is 4.91. The minimum absolute atomic E-state index is 0.215. The zero-order chi connectivity index (χ0) is 13.7. The van der Waals surface area contributed by atoms with E-state index < -0.39 is 3.92 Å². The molecule has 0 aliphatic rings. The van der Waals surface area contributed by atoms with Crippen LogP contribution in [-0.2, 0) is 9.53 Å². The minimum Gasteiger partial charge on any atom is -0.468 e. The van der Waals surface area contributed by atoms with Gasteiger partial charge in [0.15, 0.2) is 0 Å². The predicted octanol–water partition coefficient (Wildman–Crippen LogP) is 2.81. The summed E-state index contributed by atoms with van der Waals surface area (Å²) < 4.78 is 4.80. The number of ether oxygens (including phenoxy) is 1. The SMILES string of the molecule is COC(=O)C(I)CNC(=O)c1ccc(Cl)c(Br)c1. The number of benzene rings is 1. The molecular formula is C11H10BrClINO3. The molecule has 7 heteroatoms. The highest BCUT2D eigenvalue weighted by Gasteiger charge is 2.16. The van der Waals surface area contributed by atoms with Crippen molar-refractivity contribution < 1.29 is 14.3 Å². The van der Waals surface area contributed by atoms with Crippen molar-refractivity contribution in [3.63, 3.8) is 0 Å². The maximum absolute atomic E-state index is 11.8. The van der Waals surface area contributed by atoms with Gasteiger partial charge in [-0.15, -0.1) is 0 Å². The van der Waals surface area contributed by atoms with E-state index in [9.17, 15) is 9.59 Å². The van der Waals surface area contributed by atoms with Gasteiger partial charge in [-0.1, -0.05) is 34.2 Å². The van der Waals surface area contributed by atoms with E-state index in [2.05, 4.69) is 26.0 Å². The van der Waals surface area contributed by atoms with Gasteiger partial charge in [-0.2, -0.15) is 0 Å². The fourth-order valence-corrected chi connectivity index (χ4v) is 2.10. The minimum atomic E-state index is -0.410. The van der Waals surface area contributed by atoms with Crippen molar-refractivity contribution >= 4 is 62.0 Å². The van der Waals surface area contributed by atoms with Gasteiger partial charge in [-0.25, -0.2) is 0 Å². The van der Waals surface area contributed by atoms with Crippen LogP contribution in [0.4, 0.5) is 0 Å². The van der Waals surface area contributed by atoms with Crippen LogP contribution in [0.2, 0.25) is 5.02 Å². The second-order valence-corrected chi connectivity index (χ2v) is 6.09. The molecule has 1 aromatic carbocycles. The molecule has 0 saturated heterocycles. The van der Waals surface area contributed by atoms with Crippen LogP contribution in [0.15, 0.2) is 22.7 Å². The van der Waals surface area contributed by atoms with Crippen molar-refractivity contribution in [3.05, 3.63) is 33.3 Å². The van der Waals surface area contributed by atoms with Crippen LogP contribution in [-0.4, -0.2) is 29.5 Å². The number of amides is 1. The number of methoxy groups -OCH3 is 1. The Morgan fingerprint density at radius 2 is 2.22 bits per heavy atom. The molecule has 0 spiro atoms. The molecular weight excluding hydrogens is 436 g/mol. The first-order valence-corrected chi connectivity index (χ1v) is 7.32. The Labute approximate surface area is 132 Å². The Hall–Kier alpha value is -0.340. The number of hydrogen-bond donors (Lipinski definition) is 1. The number of rotatable bonds is 4. The maximum Gasteiger partial charge on any atom is 0.320 e. The van der Waals surface area contributed by atoms with Gasteiger partial charge in [0, 0.05) is 16.6 Å². The van der Waals surface area contributed by atoms with E-state index in [1.807, 2.05) is 22.6 Å². The van der Waals surface area contributed by atoms with Crippen LogP contribution in [0.1, 0.15) is 10.4 Å². The van der Waals surface area contributed by atoms with Gasteiger partial charge in [0.2, 0.25) is 0 Å². The Morgan fingerprint density at radius 3 is 2.78 bits per heavy atom. The second-order valence-electron chi connectivity index (χ2n) is 3.33. The number of esters is 1. The number of halogens is 3. The van der Waals surface area contributed by atoms with Crippen LogP contribution >= 0.6 is 50.1 Å². The molecule has 0 aliphatic carbocycles. The molecule has 0 aromatic heterocycles. The summed E-state index contributed by atoms with van der Waals surface area (Å²) in [4.78, 5) is 22.9. The predicted molar refractivity (Wildman–Crippen MR) is 81.3 cm³/mol. The van der Waals surface area contributed by atoms with Crippen molar-refractivity contribution in [2.45, 2.75) is 3.92 Å². The standard InChI is InChI=1S/C11H10BrClINO3/c1-18-11(17)9(14)5-15-10(16)6-2-3-8(13)7(12)4-6/h2-4,9H,5H2,1H3,(H,15,16). The molecule has 0 fully saturated rings. The first kappa shape index (κ1) is 15.7. The van der Waals surface area contributed by atoms with Crippen LogP contribution < -0.4 is 5.32 Å². The summed E-state index contributed by atoms with van der Waals surface area (Å²) in [5, 5.41) is 3.18. The molecule has 0 heterocycles. The third kappa shape index (κ3) is 4.40. The Morgan fingerprint density at radius 1 is 1.56 bits per heavy atom. The monoisotopic (exact) mass is 445 g/mol. The maximum atomic E-state index is 11.8. The number of carbonyl (C=O) groups is 2. The molecule has 1 N–H and O–H groups in total. The number of alkyl halides is 1. The van der Waals surface area contributed by atoms with E-state index in [0.29, 0.717) is 15.1 Å². The smallest absolute Gasteiger partial charge is 0.320 e. The van der Waals surface area contributed by atoms with Crippen LogP contribution in [0.5, 0.6) is 0 Å². The molecule has 4 nitrogen and oxygen atoms in total. The van der Waals surface area contributed by atoms with E-state index in [4.69, 9.17) is 11.6 Å². The van der Waals surface area contributed by atoms with Gasteiger partial charge in [0.1, 0.15) is 3.92 Å². The summed E-state index contributed by atoms with van der Waals surface area (Å²) in [6.45, 7) is 0.215. The lowest BCUT2D eigenvalue weighted by Gasteiger charge is -2.09. The Balaban J connectivity index is 2.60. The van der Waals surface area contributed by atoms with Gasteiger partial charge in [0.25, 0.3) is 5.91 Å². The lowest BCUT2D eigenvalue weighted by atomic mass is 10.2. The average Bonchev–Trinajstić information content (AvgIpc) is 2.37. The van der Waals surface area contributed by atoms with Crippen LogP contribution in [0, 0.1) is 0 Å². The number of nitrogens with one attached hydrogen (secondary N) is 1. The molecule has 1 atom stereocenters. The summed E-state index contributed by atoms with van der Waals surface area (Å²) in [6, 6.07) is 4.86. The largest absolute Gasteiger partial charge is 0.468 e. The molecule has 18 heavy (non-hydrogen) atoms. The first-order chi connectivity index (χ1) is 8.45. The molecule has 0 bridgehead atoms. The van der Waals surface area contributed by atoms with Crippen molar-refractivity contribution in [1.29, 1.82) is 0 Å². The van der Waals surface area contributed by atoms with Crippen molar-refractivity contribution in [2.24, 2.45) is 0 Å². The summed E-state index contributed by atoms with van der Waals surface area (Å²) in [7, 11) is 1.31. The van der Waals surface area contributed by atoms with Gasteiger partial charge in [0.05, 0.1) is 12.1 Å². The van der Waals surface area contributed by atoms with Crippen molar-refractivity contribution in [1.82, 2.24) is 5.32 Å². The van der Waals surface area contributed by atoms with Gasteiger partial charge in [-0.05, 0) is 34.1 Å². The summed E-state index contributed by atoms with van der Waals surface area (Å²) in [6.07, 6.45) is 0. The molecule has 1 unspecified atom stereocenters.